The average Bonchev–Trinajstić information content (AvgIpc) is 2.19. The van der Waals surface area contributed by atoms with Crippen LogP contribution < -0.4 is 0 Å². The zero-order valence-corrected chi connectivity index (χ0v) is 9.47. The maximum absolute atomic E-state index is 8.39. The van der Waals surface area contributed by atoms with Crippen molar-refractivity contribution in [2.45, 2.75) is 25.5 Å². The maximum atomic E-state index is 8.39. The Bertz CT molecular complexity index is 308. The number of thioether (sulfide) groups is 1. The first-order valence-corrected chi connectivity index (χ1v) is 5.93. The Kier molecular flexibility index (Phi) is 4.55. The largest absolute Gasteiger partial charge is 0.197 e. The van der Waals surface area contributed by atoms with Crippen LogP contribution in [-0.2, 0) is 5.75 Å². The first-order valence-electron chi connectivity index (χ1n) is 4.77. The average molecular weight is 205 g/mol. The molecule has 1 rings (SSSR count). The van der Waals surface area contributed by atoms with E-state index in [1.54, 1.807) is 11.8 Å². The van der Waals surface area contributed by atoms with E-state index in [-0.39, 0.29) is 0 Å². The van der Waals surface area contributed by atoms with Crippen LogP contribution in [0.25, 0.3) is 0 Å². The predicted octanol–water partition coefficient (Wildman–Crippen LogP) is 3.57. The molecule has 0 aliphatic rings. The molecular formula is C12H15NS. The van der Waals surface area contributed by atoms with Crippen molar-refractivity contribution in [2.24, 2.45) is 0 Å². The van der Waals surface area contributed by atoms with Gasteiger partial charge in [0.2, 0.25) is 0 Å². The van der Waals surface area contributed by atoms with Crippen LogP contribution in [0.2, 0.25) is 0 Å². The van der Waals surface area contributed by atoms with E-state index in [0.29, 0.717) is 11.7 Å². The molecule has 0 saturated heterocycles. The van der Waals surface area contributed by atoms with Crippen LogP contribution in [-0.4, -0.2) is 5.75 Å². The van der Waals surface area contributed by atoms with Crippen molar-refractivity contribution in [3.05, 3.63) is 35.4 Å². The first-order chi connectivity index (χ1) is 6.74. The minimum Gasteiger partial charge on any atom is -0.197 e. The van der Waals surface area contributed by atoms with E-state index in [4.69, 9.17) is 5.26 Å². The lowest BCUT2D eigenvalue weighted by atomic mass is 10.0. The number of benzene rings is 1. The molecule has 74 valence electrons. The van der Waals surface area contributed by atoms with Crippen LogP contribution in [0.3, 0.4) is 0 Å². The van der Waals surface area contributed by atoms with Gasteiger partial charge in [-0.1, -0.05) is 38.1 Å². The molecule has 0 atom stereocenters. The van der Waals surface area contributed by atoms with Gasteiger partial charge in [-0.25, -0.2) is 0 Å². The van der Waals surface area contributed by atoms with Crippen LogP contribution >= 0.6 is 11.8 Å². The number of nitrogens with zero attached hydrogens (tertiary/aromatic N) is 1. The molecule has 1 aromatic rings. The van der Waals surface area contributed by atoms with Gasteiger partial charge in [0, 0.05) is 5.75 Å². The quantitative estimate of drug-likeness (QED) is 0.702. The highest BCUT2D eigenvalue weighted by atomic mass is 32.2. The monoisotopic (exact) mass is 205 g/mol. The Morgan fingerprint density at radius 3 is 2.43 bits per heavy atom. The normalized spacial score (nSPS) is 10.1. The molecule has 0 radical (unpaired) electrons. The molecule has 14 heavy (non-hydrogen) atoms. The second-order valence-corrected chi connectivity index (χ2v) is 4.53. The highest BCUT2D eigenvalue weighted by Crippen LogP contribution is 2.17. The van der Waals surface area contributed by atoms with Gasteiger partial charge in [0.25, 0.3) is 0 Å². The Morgan fingerprint density at radius 1 is 1.29 bits per heavy atom. The molecule has 0 bridgehead atoms. The summed E-state index contributed by atoms with van der Waals surface area (Å²) in [7, 11) is 0. The Labute approximate surface area is 90.1 Å². The molecule has 0 aromatic heterocycles. The summed E-state index contributed by atoms with van der Waals surface area (Å²) in [6.07, 6.45) is 0. The molecule has 0 heterocycles. The number of hydrogen-bond donors (Lipinski definition) is 0. The van der Waals surface area contributed by atoms with Gasteiger partial charge in [0.1, 0.15) is 0 Å². The molecular weight excluding hydrogens is 190 g/mol. The summed E-state index contributed by atoms with van der Waals surface area (Å²) in [5, 5.41) is 8.39. The van der Waals surface area contributed by atoms with Crippen LogP contribution in [0.1, 0.15) is 30.9 Å². The number of rotatable bonds is 4. The van der Waals surface area contributed by atoms with Crippen molar-refractivity contribution in [3.8, 4) is 6.07 Å². The third-order valence-corrected chi connectivity index (χ3v) is 2.95. The van der Waals surface area contributed by atoms with E-state index in [9.17, 15) is 0 Å². The summed E-state index contributed by atoms with van der Waals surface area (Å²) >= 11 is 1.66. The lowest BCUT2D eigenvalue weighted by Crippen LogP contribution is -1.88. The van der Waals surface area contributed by atoms with Crippen molar-refractivity contribution in [1.29, 1.82) is 5.26 Å². The Morgan fingerprint density at radius 2 is 1.93 bits per heavy atom. The van der Waals surface area contributed by atoms with E-state index < -0.39 is 0 Å². The summed E-state index contributed by atoms with van der Waals surface area (Å²) < 4.78 is 0. The van der Waals surface area contributed by atoms with Gasteiger partial charge in [-0.3, -0.25) is 0 Å². The van der Waals surface area contributed by atoms with Crippen LogP contribution in [0.4, 0.5) is 0 Å². The van der Waals surface area contributed by atoms with E-state index in [0.717, 1.165) is 5.75 Å². The minimum atomic E-state index is 0.575. The third-order valence-electron chi connectivity index (χ3n) is 2.08. The molecule has 2 heteroatoms. The fourth-order valence-electron chi connectivity index (χ4n) is 1.21. The standard InChI is InChI=1S/C12H15NS/c1-10(2)12-5-3-11(4-6-12)9-14-8-7-13/h3-6,10H,8-9H2,1-2H3. The molecule has 0 aliphatic heterocycles. The zero-order valence-electron chi connectivity index (χ0n) is 8.66. The molecule has 1 nitrogen and oxygen atoms in total. The lowest BCUT2D eigenvalue weighted by molar-refractivity contribution is 0.866. The molecule has 1 aromatic carbocycles. The van der Waals surface area contributed by atoms with Gasteiger partial charge in [-0.05, 0) is 17.0 Å². The lowest BCUT2D eigenvalue weighted by Gasteiger charge is -2.05. The molecule has 0 unspecified atom stereocenters. The third kappa shape index (κ3) is 3.43. The van der Waals surface area contributed by atoms with Crippen LogP contribution in [0.5, 0.6) is 0 Å². The van der Waals surface area contributed by atoms with Crippen molar-refractivity contribution in [2.75, 3.05) is 5.75 Å². The number of hydrogen-bond acceptors (Lipinski definition) is 2. The summed E-state index contributed by atoms with van der Waals surface area (Å²) in [5.41, 5.74) is 2.67. The summed E-state index contributed by atoms with van der Waals surface area (Å²) in [5.74, 6) is 2.11. The molecule has 0 fully saturated rings. The Hall–Kier alpha value is -0.940. The minimum absolute atomic E-state index is 0.575. The highest BCUT2D eigenvalue weighted by molar-refractivity contribution is 7.98. The summed E-state index contributed by atoms with van der Waals surface area (Å²) in [4.78, 5) is 0. The predicted molar refractivity (Wildman–Crippen MR) is 62.3 cm³/mol. The highest BCUT2D eigenvalue weighted by Gasteiger charge is 1.98. The van der Waals surface area contributed by atoms with Crippen LogP contribution in [0.15, 0.2) is 24.3 Å². The molecule has 0 saturated carbocycles. The van der Waals surface area contributed by atoms with Crippen molar-refractivity contribution in [3.63, 3.8) is 0 Å². The first kappa shape index (κ1) is 11.1. The fraction of sp³-hybridized carbons (Fsp3) is 0.417. The van der Waals surface area contributed by atoms with E-state index >= 15 is 0 Å². The molecule has 0 aliphatic carbocycles. The van der Waals surface area contributed by atoms with Crippen molar-refractivity contribution in [1.82, 2.24) is 0 Å². The van der Waals surface area contributed by atoms with Gasteiger partial charge in [0.15, 0.2) is 0 Å². The maximum Gasteiger partial charge on any atom is 0.0811 e. The van der Waals surface area contributed by atoms with E-state index in [1.807, 2.05) is 0 Å². The summed E-state index contributed by atoms with van der Waals surface area (Å²) in [6.45, 7) is 4.39. The second-order valence-electron chi connectivity index (χ2n) is 3.55. The van der Waals surface area contributed by atoms with Gasteiger partial charge in [-0.2, -0.15) is 5.26 Å². The summed E-state index contributed by atoms with van der Waals surface area (Å²) in [6, 6.07) is 10.8. The number of nitriles is 1. The van der Waals surface area contributed by atoms with Gasteiger partial charge >= 0.3 is 0 Å². The SMILES string of the molecule is CC(C)c1ccc(CSCC#N)cc1. The fourth-order valence-corrected chi connectivity index (χ4v) is 1.83. The van der Waals surface area contributed by atoms with Crippen LogP contribution in [0, 0.1) is 11.3 Å². The van der Waals surface area contributed by atoms with Gasteiger partial charge in [-0.15, -0.1) is 11.8 Å². The second kappa shape index (κ2) is 5.72. The van der Waals surface area contributed by atoms with E-state index in [2.05, 4.69) is 44.2 Å². The van der Waals surface area contributed by atoms with Crippen molar-refractivity contribution >= 4 is 11.8 Å². The molecule has 0 spiro atoms. The topological polar surface area (TPSA) is 23.8 Å². The smallest absolute Gasteiger partial charge is 0.0811 e. The van der Waals surface area contributed by atoms with Gasteiger partial charge in [0.05, 0.1) is 11.8 Å². The Balaban J connectivity index is 2.52. The van der Waals surface area contributed by atoms with E-state index in [1.165, 1.54) is 11.1 Å². The molecule has 0 N–H and O–H groups in total. The van der Waals surface area contributed by atoms with Gasteiger partial charge < -0.3 is 0 Å². The molecule has 0 amide bonds. The zero-order chi connectivity index (χ0) is 10.4. The van der Waals surface area contributed by atoms with Crippen molar-refractivity contribution < 1.29 is 0 Å².